The van der Waals surface area contributed by atoms with Crippen molar-refractivity contribution in [1.29, 1.82) is 5.26 Å². The van der Waals surface area contributed by atoms with Crippen LogP contribution in [-0.4, -0.2) is 50.9 Å². The minimum atomic E-state index is -3.46. The van der Waals surface area contributed by atoms with Gasteiger partial charge in [0.25, 0.3) is 0 Å². The number of piperidine rings is 1. The Labute approximate surface area is 196 Å². The van der Waals surface area contributed by atoms with E-state index in [1.807, 2.05) is 24.3 Å². The number of carbonyl (C=O) groups is 1. The van der Waals surface area contributed by atoms with E-state index in [0.29, 0.717) is 12.5 Å². The molecule has 1 aliphatic rings. The second-order valence-corrected chi connectivity index (χ2v) is 11.2. The van der Waals surface area contributed by atoms with Gasteiger partial charge in [0.15, 0.2) is 0 Å². The van der Waals surface area contributed by atoms with Gasteiger partial charge in [-0.25, -0.2) is 12.7 Å². The van der Waals surface area contributed by atoms with Crippen molar-refractivity contribution in [3.05, 3.63) is 54.1 Å². The Bertz CT molecular complexity index is 1110. The average molecular weight is 469 g/mol. The third-order valence-corrected chi connectivity index (χ3v) is 8.03. The molecule has 33 heavy (non-hydrogen) atoms. The molecule has 1 fully saturated rings. The molecule has 2 aromatic carbocycles. The summed E-state index contributed by atoms with van der Waals surface area (Å²) < 4.78 is 25.7. The quantitative estimate of drug-likeness (QED) is 0.651. The third-order valence-electron chi connectivity index (χ3n) is 6.20. The number of rotatable bonds is 7. The lowest BCUT2D eigenvalue weighted by atomic mass is 9.88. The van der Waals surface area contributed by atoms with Gasteiger partial charge in [0.2, 0.25) is 15.9 Å². The van der Waals surface area contributed by atoms with E-state index >= 15 is 0 Å². The van der Waals surface area contributed by atoms with E-state index < -0.39 is 16.1 Å². The average Bonchev–Trinajstić information content (AvgIpc) is 2.80. The molecule has 0 bridgehead atoms. The molecule has 4 atom stereocenters. The molecule has 1 aliphatic heterocycles. The molecule has 1 saturated heterocycles. The topological polar surface area (TPSA) is 102 Å². The van der Waals surface area contributed by atoms with Gasteiger partial charge in [-0.3, -0.25) is 4.79 Å². The van der Waals surface area contributed by atoms with Crippen molar-refractivity contribution in [2.24, 2.45) is 5.92 Å². The van der Waals surface area contributed by atoms with Crippen molar-refractivity contribution >= 4 is 15.9 Å². The number of hydrogen-bond acceptors (Lipinski definition) is 5. The fourth-order valence-corrected chi connectivity index (χ4v) is 4.96. The summed E-state index contributed by atoms with van der Waals surface area (Å²) in [7, 11) is -0.449. The predicted octanol–water partition coefficient (Wildman–Crippen LogP) is 2.93. The number of carbonyl (C=O) groups excluding carboxylic acids is 1. The second-order valence-electron chi connectivity index (χ2n) is 9.00. The van der Waals surface area contributed by atoms with Gasteiger partial charge in [-0.2, -0.15) is 5.26 Å². The van der Waals surface area contributed by atoms with Crippen LogP contribution in [0, 0.1) is 17.2 Å². The Balaban J connectivity index is 1.65. The van der Waals surface area contributed by atoms with E-state index in [2.05, 4.69) is 30.6 Å². The lowest BCUT2D eigenvalue weighted by molar-refractivity contribution is -0.125. The fourth-order valence-electron chi connectivity index (χ4n) is 4.06. The first-order valence-corrected chi connectivity index (χ1v) is 12.6. The van der Waals surface area contributed by atoms with Crippen LogP contribution >= 0.6 is 0 Å². The van der Waals surface area contributed by atoms with Gasteiger partial charge in [-0.05, 0) is 54.5 Å². The molecule has 3 rings (SSSR count). The molecule has 0 spiro atoms. The molecule has 2 aromatic rings. The summed E-state index contributed by atoms with van der Waals surface area (Å²) in [6, 6.07) is 16.1. The zero-order chi connectivity index (χ0) is 24.2. The maximum Gasteiger partial charge on any atom is 0.242 e. The highest BCUT2D eigenvalue weighted by molar-refractivity contribution is 7.89. The SMILES string of the molecule is C[C@@H]1CC[C@H](C)N[C@@H]1C(=O)N[C@H](C#N)Cc1ccc(-c2ccc(S(=O)(=O)N(C)C)cc2)cc1. The van der Waals surface area contributed by atoms with Gasteiger partial charge in [0.05, 0.1) is 17.0 Å². The molecule has 0 unspecified atom stereocenters. The molecule has 7 nitrogen and oxygen atoms in total. The lowest BCUT2D eigenvalue weighted by Crippen LogP contribution is -2.55. The highest BCUT2D eigenvalue weighted by atomic mass is 32.2. The molecule has 176 valence electrons. The first kappa shape index (κ1) is 24.9. The second kappa shape index (κ2) is 10.5. The highest BCUT2D eigenvalue weighted by Gasteiger charge is 2.31. The van der Waals surface area contributed by atoms with E-state index in [1.165, 1.54) is 18.4 Å². The van der Waals surface area contributed by atoms with Crippen LogP contribution in [0.5, 0.6) is 0 Å². The first-order chi connectivity index (χ1) is 15.6. The molecule has 0 radical (unpaired) electrons. The van der Waals surface area contributed by atoms with Gasteiger partial charge in [-0.15, -0.1) is 0 Å². The monoisotopic (exact) mass is 468 g/mol. The van der Waals surface area contributed by atoms with Gasteiger partial charge < -0.3 is 10.6 Å². The van der Waals surface area contributed by atoms with Crippen LogP contribution < -0.4 is 10.6 Å². The zero-order valence-electron chi connectivity index (χ0n) is 19.6. The number of nitrogens with one attached hydrogen (secondary N) is 2. The Kier molecular flexibility index (Phi) is 7.90. The summed E-state index contributed by atoms with van der Waals surface area (Å²) in [5.41, 5.74) is 2.78. The van der Waals surface area contributed by atoms with Crippen molar-refractivity contribution in [3.8, 4) is 17.2 Å². The number of benzene rings is 2. The summed E-state index contributed by atoms with van der Waals surface area (Å²) in [5, 5.41) is 15.8. The van der Waals surface area contributed by atoms with Gasteiger partial charge >= 0.3 is 0 Å². The fraction of sp³-hybridized carbons (Fsp3) is 0.440. The first-order valence-electron chi connectivity index (χ1n) is 11.2. The van der Waals surface area contributed by atoms with Crippen LogP contribution in [0.4, 0.5) is 0 Å². The van der Waals surface area contributed by atoms with Crippen molar-refractivity contribution in [3.63, 3.8) is 0 Å². The predicted molar refractivity (Wildman–Crippen MR) is 129 cm³/mol. The van der Waals surface area contributed by atoms with Gasteiger partial charge in [0, 0.05) is 26.6 Å². The van der Waals surface area contributed by atoms with Gasteiger partial charge in [0.1, 0.15) is 6.04 Å². The van der Waals surface area contributed by atoms with E-state index in [1.54, 1.807) is 24.3 Å². The van der Waals surface area contributed by atoms with E-state index in [4.69, 9.17) is 0 Å². The highest BCUT2D eigenvalue weighted by Crippen LogP contribution is 2.23. The molecule has 0 aromatic heterocycles. The largest absolute Gasteiger partial charge is 0.339 e. The molecule has 2 N–H and O–H groups in total. The van der Waals surface area contributed by atoms with Crippen molar-refractivity contribution < 1.29 is 13.2 Å². The van der Waals surface area contributed by atoms with E-state index in [9.17, 15) is 18.5 Å². The summed E-state index contributed by atoms with van der Waals surface area (Å²) in [4.78, 5) is 13.0. The number of nitrogens with zero attached hydrogens (tertiary/aromatic N) is 2. The van der Waals surface area contributed by atoms with Crippen LogP contribution in [0.1, 0.15) is 32.3 Å². The smallest absolute Gasteiger partial charge is 0.242 e. The third kappa shape index (κ3) is 5.99. The maximum atomic E-state index is 12.7. The van der Waals surface area contributed by atoms with Crippen molar-refractivity contribution in [1.82, 2.24) is 14.9 Å². The summed E-state index contributed by atoms with van der Waals surface area (Å²) in [6.07, 6.45) is 2.46. The van der Waals surface area contributed by atoms with Gasteiger partial charge in [-0.1, -0.05) is 43.3 Å². The van der Waals surface area contributed by atoms with E-state index in [0.717, 1.165) is 29.5 Å². The Morgan fingerprint density at radius 2 is 1.67 bits per heavy atom. The normalized spacial score (nSPS) is 21.9. The van der Waals surface area contributed by atoms with Crippen LogP contribution in [-0.2, 0) is 21.2 Å². The molecule has 8 heteroatoms. The van der Waals surface area contributed by atoms with Crippen molar-refractivity contribution in [2.45, 2.75) is 56.1 Å². The van der Waals surface area contributed by atoms with Crippen LogP contribution in [0.3, 0.4) is 0 Å². The minimum absolute atomic E-state index is 0.120. The van der Waals surface area contributed by atoms with Crippen LogP contribution in [0.2, 0.25) is 0 Å². The number of sulfonamides is 1. The Hall–Kier alpha value is -2.73. The lowest BCUT2D eigenvalue weighted by Gasteiger charge is -2.33. The van der Waals surface area contributed by atoms with E-state index in [-0.39, 0.29) is 22.8 Å². The Morgan fingerprint density at radius 1 is 1.09 bits per heavy atom. The zero-order valence-corrected chi connectivity index (χ0v) is 20.4. The van der Waals surface area contributed by atoms with Crippen LogP contribution in [0.25, 0.3) is 11.1 Å². The maximum absolute atomic E-state index is 12.7. The minimum Gasteiger partial charge on any atom is -0.339 e. The summed E-state index contributed by atoms with van der Waals surface area (Å²) in [6.45, 7) is 4.13. The molecule has 0 aliphatic carbocycles. The van der Waals surface area contributed by atoms with Crippen molar-refractivity contribution in [2.75, 3.05) is 14.1 Å². The standard InChI is InChI=1S/C25H32N4O3S/c1-17-5-6-18(2)27-24(17)25(30)28-22(16-26)15-19-7-9-20(10-8-19)21-11-13-23(14-12-21)33(31,32)29(3)4/h7-14,17-18,22,24,27H,5-6,15H2,1-4H3,(H,28,30)/t17-,18+,22+,24+/m1/s1. The van der Waals surface area contributed by atoms with Crippen LogP contribution in [0.15, 0.2) is 53.4 Å². The number of amides is 1. The molecule has 1 amide bonds. The number of nitriles is 1. The molecular weight excluding hydrogens is 436 g/mol. The molecule has 1 heterocycles. The molecular formula is C25H32N4O3S. The summed E-state index contributed by atoms with van der Waals surface area (Å²) in [5.74, 6) is 0.115. The molecule has 0 saturated carbocycles. The summed E-state index contributed by atoms with van der Waals surface area (Å²) >= 11 is 0. The Morgan fingerprint density at radius 3 is 2.21 bits per heavy atom. The number of hydrogen-bond donors (Lipinski definition) is 2.